The van der Waals surface area contributed by atoms with Crippen molar-refractivity contribution >= 4 is 22.9 Å². The van der Waals surface area contributed by atoms with Gasteiger partial charge in [0, 0.05) is 11.6 Å². The van der Waals surface area contributed by atoms with Crippen LogP contribution in [0.2, 0.25) is 0 Å². The van der Waals surface area contributed by atoms with E-state index in [1.165, 1.54) is 16.3 Å². The number of fused-ring (bicyclic) bond motifs is 1. The zero-order valence-corrected chi connectivity index (χ0v) is 12.5. The molecule has 0 spiro atoms. The molecule has 0 aliphatic carbocycles. The van der Waals surface area contributed by atoms with Gasteiger partial charge in [0.15, 0.2) is 0 Å². The Morgan fingerprint density at radius 3 is 2.39 bits per heavy atom. The summed E-state index contributed by atoms with van der Waals surface area (Å²) >= 11 is 0. The van der Waals surface area contributed by atoms with Crippen molar-refractivity contribution in [3.63, 3.8) is 0 Å². The lowest BCUT2D eigenvalue weighted by atomic mass is 9.96. The van der Waals surface area contributed by atoms with E-state index >= 15 is 0 Å². The van der Waals surface area contributed by atoms with Crippen molar-refractivity contribution in [3.8, 4) is 11.3 Å². The number of aromatic nitrogens is 1. The largest absolute Gasteiger partial charge is 0.364 e. The lowest BCUT2D eigenvalue weighted by molar-refractivity contribution is 0.422. The highest BCUT2D eigenvalue weighted by atomic mass is 16.5. The Bertz CT molecular complexity index is 954. The van der Waals surface area contributed by atoms with Crippen LogP contribution >= 0.6 is 0 Å². The van der Waals surface area contributed by atoms with E-state index in [-0.39, 0.29) is 0 Å². The predicted octanol–water partition coefficient (Wildman–Crippen LogP) is 5.67. The molecule has 0 fully saturated rings. The second-order valence-corrected chi connectivity index (χ2v) is 5.38. The Balaban J connectivity index is 1.89. The van der Waals surface area contributed by atoms with E-state index in [9.17, 15) is 0 Å². The smallest absolute Gasteiger partial charge is 0.124 e. The van der Waals surface area contributed by atoms with Crippen molar-refractivity contribution < 1.29 is 4.52 Å². The Hall–Kier alpha value is -3.13. The lowest BCUT2D eigenvalue weighted by Crippen LogP contribution is -1.86. The molecule has 1 heterocycles. The molecule has 4 rings (SSSR count). The monoisotopic (exact) mass is 297 g/mol. The van der Waals surface area contributed by atoms with E-state index in [0.717, 1.165) is 16.8 Å². The van der Waals surface area contributed by atoms with Gasteiger partial charge < -0.3 is 4.52 Å². The molecular weight excluding hydrogens is 282 g/mol. The van der Waals surface area contributed by atoms with Crippen LogP contribution in [0.25, 0.3) is 34.2 Å². The molecule has 0 aliphatic heterocycles. The summed E-state index contributed by atoms with van der Waals surface area (Å²) in [6.45, 7) is 0. The van der Waals surface area contributed by atoms with Gasteiger partial charge in [-0.15, -0.1) is 0 Å². The molecule has 110 valence electrons. The molecule has 23 heavy (non-hydrogen) atoms. The van der Waals surface area contributed by atoms with E-state index in [1.54, 1.807) is 6.26 Å². The minimum absolute atomic E-state index is 0.856. The third kappa shape index (κ3) is 2.67. The van der Waals surface area contributed by atoms with Crippen molar-refractivity contribution in [2.45, 2.75) is 0 Å². The van der Waals surface area contributed by atoms with Gasteiger partial charge in [0.1, 0.15) is 12.0 Å². The topological polar surface area (TPSA) is 26.0 Å². The fourth-order valence-corrected chi connectivity index (χ4v) is 2.80. The molecule has 2 heteroatoms. The molecule has 0 N–H and O–H groups in total. The molecule has 0 radical (unpaired) electrons. The highest BCUT2D eigenvalue weighted by Crippen LogP contribution is 2.32. The minimum Gasteiger partial charge on any atom is -0.364 e. The number of nitrogens with zero attached hydrogens (tertiary/aromatic N) is 1. The summed E-state index contributed by atoms with van der Waals surface area (Å²) in [4.78, 5) is 0. The van der Waals surface area contributed by atoms with Crippen molar-refractivity contribution in [3.05, 3.63) is 90.2 Å². The van der Waals surface area contributed by atoms with E-state index in [0.29, 0.717) is 0 Å². The van der Waals surface area contributed by atoms with Crippen molar-refractivity contribution in [1.82, 2.24) is 5.16 Å². The first-order valence-electron chi connectivity index (χ1n) is 7.57. The van der Waals surface area contributed by atoms with Crippen LogP contribution in [0.15, 0.2) is 83.6 Å². The van der Waals surface area contributed by atoms with Gasteiger partial charge in [0.05, 0.1) is 0 Å². The van der Waals surface area contributed by atoms with Crippen LogP contribution in [-0.4, -0.2) is 5.16 Å². The van der Waals surface area contributed by atoms with E-state index in [4.69, 9.17) is 4.52 Å². The highest BCUT2D eigenvalue weighted by molar-refractivity contribution is 6.00. The first kappa shape index (κ1) is 13.5. The Morgan fingerprint density at radius 1 is 0.739 bits per heavy atom. The first-order valence-corrected chi connectivity index (χ1v) is 7.57. The summed E-state index contributed by atoms with van der Waals surface area (Å²) in [7, 11) is 0. The quantitative estimate of drug-likeness (QED) is 0.456. The normalized spacial score (nSPS) is 11.3. The molecule has 4 aromatic rings. The molecule has 0 unspecified atom stereocenters. The Labute approximate surface area is 134 Å². The van der Waals surface area contributed by atoms with Gasteiger partial charge in [-0.25, -0.2) is 0 Å². The summed E-state index contributed by atoms with van der Waals surface area (Å²) in [6, 6.07) is 24.8. The second kappa shape index (κ2) is 5.93. The lowest BCUT2D eigenvalue weighted by Gasteiger charge is -2.08. The van der Waals surface area contributed by atoms with Crippen LogP contribution in [0.3, 0.4) is 0 Å². The molecule has 2 nitrogen and oxygen atoms in total. The van der Waals surface area contributed by atoms with Crippen LogP contribution in [0.4, 0.5) is 0 Å². The third-order valence-corrected chi connectivity index (χ3v) is 3.91. The molecule has 3 aromatic carbocycles. The fraction of sp³-hybridized carbons (Fsp3) is 0. The number of hydrogen-bond acceptors (Lipinski definition) is 2. The summed E-state index contributed by atoms with van der Waals surface area (Å²) in [5.74, 6) is 0. The van der Waals surface area contributed by atoms with Crippen molar-refractivity contribution in [2.75, 3.05) is 0 Å². The average molecular weight is 297 g/mol. The van der Waals surface area contributed by atoms with Crippen LogP contribution in [0.1, 0.15) is 11.1 Å². The van der Waals surface area contributed by atoms with Crippen molar-refractivity contribution in [2.24, 2.45) is 0 Å². The molecule has 0 saturated heterocycles. The number of benzene rings is 3. The van der Waals surface area contributed by atoms with Gasteiger partial charge in [-0.1, -0.05) is 84.0 Å². The Morgan fingerprint density at radius 2 is 1.57 bits per heavy atom. The molecule has 0 aliphatic rings. The van der Waals surface area contributed by atoms with Gasteiger partial charge in [0.25, 0.3) is 0 Å². The van der Waals surface area contributed by atoms with Gasteiger partial charge in [-0.3, -0.25) is 0 Å². The zero-order valence-electron chi connectivity index (χ0n) is 12.5. The average Bonchev–Trinajstić information content (AvgIpc) is 3.14. The summed E-state index contributed by atoms with van der Waals surface area (Å²) in [6.07, 6.45) is 5.86. The summed E-state index contributed by atoms with van der Waals surface area (Å²) < 4.78 is 5.06. The molecule has 0 atom stereocenters. The SMILES string of the molecule is C(=Cc1ccc2ccccc2c1-c1ccon1)c1ccccc1. The second-order valence-electron chi connectivity index (χ2n) is 5.38. The molecule has 1 aromatic heterocycles. The highest BCUT2D eigenvalue weighted by Gasteiger charge is 2.10. The van der Waals surface area contributed by atoms with E-state index in [1.807, 2.05) is 30.3 Å². The fourth-order valence-electron chi connectivity index (χ4n) is 2.80. The summed E-state index contributed by atoms with van der Waals surface area (Å²) in [5, 5.41) is 6.52. The van der Waals surface area contributed by atoms with E-state index in [2.05, 4.69) is 59.8 Å². The third-order valence-electron chi connectivity index (χ3n) is 3.91. The van der Waals surface area contributed by atoms with Crippen LogP contribution < -0.4 is 0 Å². The summed E-state index contributed by atoms with van der Waals surface area (Å²) in [5.41, 5.74) is 4.26. The first-order chi connectivity index (χ1) is 11.4. The van der Waals surface area contributed by atoms with E-state index < -0.39 is 0 Å². The number of hydrogen-bond donors (Lipinski definition) is 0. The standard InChI is InChI=1S/C21H15NO/c1-2-6-16(7-3-1)10-11-18-13-12-17-8-4-5-9-19(17)21(18)20-14-15-23-22-20/h1-15H. The molecule has 0 bridgehead atoms. The van der Waals surface area contributed by atoms with Gasteiger partial charge in [-0.2, -0.15) is 0 Å². The van der Waals surface area contributed by atoms with Crippen molar-refractivity contribution in [1.29, 1.82) is 0 Å². The molecule has 0 saturated carbocycles. The zero-order chi connectivity index (χ0) is 15.5. The maximum Gasteiger partial charge on any atom is 0.124 e. The van der Waals surface area contributed by atoms with Crippen LogP contribution in [-0.2, 0) is 0 Å². The van der Waals surface area contributed by atoms with Crippen LogP contribution in [0.5, 0.6) is 0 Å². The molecular formula is C21H15NO. The maximum absolute atomic E-state index is 5.06. The molecule has 0 amide bonds. The predicted molar refractivity (Wildman–Crippen MR) is 94.8 cm³/mol. The van der Waals surface area contributed by atoms with Gasteiger partial charge >= 0.3 is 0 Å². The Kier molecular flexibility index (Phi) is 3.49. The van der Waals surface area contributed by atoms with Gasteiger partial charge in [0.2, 0.25) is 0 Å². The van der Waals surface area contributed by atoms with Gasteiger partial charge in [-0.05, 0) is 21.9 Å². The van der Waals surface area contributed by atoms with Crippen LogP contribution in [0, 0.1) is 0 Å². The minimum atomic E-state index is 0.856. The number of rotatable bonds is 3. The maximum atomic E-state index is 5.06.